The van der Waals surface area contributed by atoms with E-state index in [1.807, 2.05) is 6.92 Å². The van der Waals surface area contributed by atoms with Crippen LogP contribution in [0.25, 0.3) is 0 Å². The summed E-state index contributed by atoms with van der Waals surface area (Å²) < 4.78 is 13.0. The summed E-state index contributed by atoms with van der Waals surface area (Å²) in [5, 5.41) is 2.54. The summed E-state index contributed by atoms with van der Waals surface area (Å²) in [5.74, 6) is -1.14. The predicted octanol–water partition coefficient (Wildman–Crippen LogP) is 2.24. The minimum absolute atomic E-state index is 0.136. The first-order chi connectivity index (χ1) is 10.5. The first-order valence-corrected chi connectivity index (χ1v) is 6.69. The van der Waals surface area contributed by atoms with Crippen LogP contribution in [0.5, 0.6) is 0 Å². The van der Waals surface area contributed by atoms with E-state index >= 15 is 0 Å². The van der Waals surface area contributed by atoms with Crippen LogP contribution in [0.2, 0.25) is 0 Å². The van der Waals surface area contributed by atoms with Crippen LogP contribution in [-0.2, 0) is 4.79 Å². The minimum Gasteiger partial charge on any atom is -0.332 e. The van der Waals surface area contributed by atoms with Gasteiger partial charge in [-0.1, -0.05) is 6.07 Å². The molecule has 0 saturated heterocycles. The topological polar surface area (TPSA) is 62.3 Å². The Bertz CT molecular complexity index is 686. The van der Waals surface area contributed by atoms with Crippen molar-refractivity contribution in [2.75, 3.05) is 18.9 Å². The number of nitrogens with one attached hydrogen (secondary N) is 1. The van der Waals surface area contributed by atoms with Crippen molar-refractivity contribution in [1.82, 2.24) is 9.88 Å². The molecule has 1 N–H and O–H groups in total. The first-order valence-electron chi connectivity index (χ1n) is 6.69. The summed E-state index contributed by atoms with van der Waals surface area (Å²) in [6.07, 6.45) is 1.47. The van der Waals surface area contributed by atoms with Crippen LogP contribution in [-0.4, -0.2) is 35.3 Å². The third kappa shape index (κ3) is 4.12. The van der Waals surface area contributed by atoms with Crippen molar-refractivity contribution in [3.8, 4) is 0 Å². The van der Waals surface area contributed by atoms with E-state index in [9.17, 15) is 14.0 Å². The maximum Gasteiger partial charge on any atom is 0.255 e. The fourth-order valence-electron chi connectivity index (χ4n) is 1.87. The number of benzene rings is 1. The summed E-state index contributed by atoms with van der Waals surface area (Å²) in [6.45, 7) is 1.69. The Labute approximate surface area is 127 Å². The number of rotatable bonds is 4. The van der Waals surface area contributed by atoms with Crippen LogP contribution < -0.4 is 5.32 Å². The van der Waals surface area contributed by atoms with Crippen LogP contribution >= 0.6 is 0 Å². The molecule has 0 radical (unpaired) electrons. The van der Waals surface area contributed by atoms with Gasteiger partial charge in [0.05, 0.1) is 12.1 Å². The van der Waals surface area contributed by atoms with Gasteiger partial charge in [0.1, 0.15) is 5.82 Å². The van der Waals surface area contributed by atoms with Gasteiger partial charge < -0.3 is 10.2 Å². The van der Waals surface area contributed by atoms with Crippen molar-refractivity contribution < 1.29 is 14.0 Å². The fraction of sp³-hybridized carbons (Fsp3) is 0.188. The smallest absolute Gasteiger partial charge is 0.255 e. The molecule has 22 heavy (non-hydrogen) atoms. The first kappa shape index (κ1) is 15.6. The maximum atomic E-state index is 13.0. The van der Waals surface area contributed by atoms with Crippen molar-refractivity contribution in [1.29, 1.82) is 0 Å². The molecule has 0 bridgehead atoms. The Balaban J connectivity index is 1.96. The Kier molecular flexibility index (Phi) is 4.83. The van der Waals surface area contributed by atoms with E-state index in [0.717, 1.165) is 5.69 Å². The number of anilines is 1. The van der Waals surface area contributed by atoms with E-state index < -0.39 is 11.7 Å². The van der Waals surface area contributed by atoms with E-state index in [1.54, 1.807) is 18.2 Å². The number of likely N-dealkylation sites (N-methyl/N-ethyl adjacent to an activating group) is 1. The van der Waals surface area contributed by atoms with E-state index in [-0.39, 0.29) is 12.5 Å². The molecule has 0 aliphatic carbocycles. The van der Waals surface area contributed by atoms with E-state index in [0.29, 0.717) is 11.3 Å². The lowest BCUT2D eigenvalue weighted by atomic mass is 10.2. The Hall–Kier alpha value is -2.76. The Morgan fingerprint density at radius 1 is 1.27 bits per heavy atom. The highest BCUT2D eigenvalue weighted by Gasteiger charge is 2.15. The van der Waals surface area contributed by atoms with Gasteiger partial charge in [-0.2, -0.15) is 0 Å². The van der Waals surface area contributed by atoms with E-state index in [4.69, 9.17) is 0 Å². The molecule has 0 unspecified atom stereocenters. The molecule has 0 atom stereocenters. The zero-order valence-electron chi connectivity index (χ0n) is 12.3. The third-order valence-corrected chi connectivity index (χ3v) is 2.99. The summed E-state index contributed by atoms with van der Waals surface area (Å²) in [5.41, 5.74) is 1.57. The van der Waals surface area contributed by atoms with Gasteiger partial charge in [-0.3, -0.25) is 14.6 Å². The largest absolute Gasteiger partial charge is 0.332 e. The number of carbonyl (C=O) groups excluding carboxylic acids is 2. The Morgan fingerprint density at radius 3 is 2.68 bits per heavy atom. The number of amides is 2. The van der Waals surface area contributed by atoms with Gasteiger partial charge in [-0.25, -0.2) is 4.39 Å². The number of pyridine rings is 1. The van der Waals surface area contributed by atoms with Gasteiger partial charge in [-0.15, -0.1) is 0 Å². The molecule has 2 aromatic rings. The zero-order chi connectivity index (χ0) is 16.1. The van der Waals surface area contributed by atoms with Crippen molar-refractivity contribution in [2.45, 2.75) is 6.92 Å². The molecule has 1 aromatic heterocycles. The number of aryl methyl sites for hydroxylation is 1. The lowest BCUT2D eigenvalue weighted by Crippen LogP contribution is -2.35. The molecular weight excluding hydrogens is 285 g/mol. The van der Waals surface area contributed by atoms with Crippen molar-refractivity contribution in [2.24, 2.45) is 0 Å². The minimum atomic E-state index is -0.437. The lowest BCUT2D eigenvalue weighted by Gasteiger charge is -2.16. The second-order valence-electron chi connectivity index (χ2n) is 4.91. The van der Waals surface area contributed by atoms with Gasteiger partial charge in [0.2, 0.25) is 5.91 Å². The van der Waals surface area contributed by atoms with Crippen LogP contribution in [0.15, 0.2) is 42.6 Å². The third-order valence-electron chi connectivity index (χ3n) is 2.99. The highest BCUT2D eigenvalue weighted by molar-refractivity contribution is 5.99. The molecule has 6 heteroatoms. The Morgan fingerprint density at radius 2 is 2.05 bits per heavy atom. The molecule has 0 spiro atoms. The molecule has 1 aromatic carbocycles. The molecule has 2 amide bonds. The summed E-state index contributed by atoms with van der Waals surface area (Å²) in [6, 6.07) is 8.96. The molecule has 0 saturated carbocycles. The molecule has 0 fully saturated rings. The standard InChI is InChI=1S/C16H16FN3O2/c1-11-6-7-12(9-18-11)16(22)20(2)10-15(21)19-14-5-3-4-13(17)8-14/h3-9H,10H2,1-2H3,(H,19,21). The fourth-order valence-corrected chi connectivity index (χ4v) is 1.87. The molecule has 1 heterocycles. The maximum absolute atomic E-state index is 13.0. The number of halogens is 1. The second-order valence-corrected chi connectivity index (χ2v) is 4.91. The number of carbonyl (C=O) groups is 2. The van der Waals surface area contributed by atoms with Gasteiger partial charge in [0.25, 0.3) is 5.91 Å². The molecule has 114 valence electrons. The van der Waals surface area contributed by atoms with E-state index in [2.05, 4.69) is 10.3 Å². The van der Waals surface area contributed by atoms with Crippen molar-refractivity contribution in [3.05, 3.63) is 59.7 Å². The summed E-state index contributed by atoms with van der Waals surface area (Å²) in [4.78, 5) is 29.4. The number of hydrogen-bond donors (Lipinski definition) is 1. The van der Waals surface area contributed by atoms with Crippen LogP contribution in [0.3, 0.4) is 0 Å². The van der Waals surface area contributed by atoms with E-state index in [1.165, 1.54) is 36.3 Å². The SMILES string of the molecule is Cc1ccc(C(=O)N(C)CC(=O)Nc2cccc(F)c2)cn1. The van der Waals surface area contributed by atoms with Crippen LogP contribution in [0, 0.1) is 12.7 Å². The van der Waals surface area contributed by atoms with Gasteiger partial charge in [-0.05, 0) is 37.3 Å². The van der Waals surface area contributed by atoms with Gasteiger partial charge >= 0.3 is 0 Å². The quantitative estimate of drug-likeness (QED) is 0.942. The summed E-state index contributed by atoms with van der Waals surface area (Å²) >= 11 is 0. The average molecular weight is 301 g/mol. The highest BCUT2D eigenvalue weighted by Crippen LogP contribution is 2.09. The van der Waals surface area contributed by atoms with Crippen LogP contribution in [0.4, 0.5) is 10.1 Å². The van der Waals surface area contributed by atoms with Crippen LogP contribution in [0.1, 0.15) is 16.1 Å². The molecule has 5 nitrogen and oxygen atoms in total. The number of aromatic nitrogens is 1. The molecule has 0 aliphatic rings. The monoisotopic (exact) mass is 301 g/mol. The van der Waals surface area contributed by atoms with Gasteiger partial charge in [0.15, 0.2) is 0 Å². The van der Waals surface area contributed by atoms with Crippen molar-refractivity contribution >= 4 is 17.5 Å². The normalized spacial score (nSPS) is 10.1. The van der Waals surface area contributed by atoms with Gasteiger partial charge in [0, 0.05) is 24.6 Å². The predicted molar refractivity (Wildman–Crippen MR) is 81.0 cm³/mol. The number of hydrogen-bond acceptors (Lipinski definition) is 3. The summed E-state index contributed by atoms with van der Waals surface area (Å²) in [7, 11) is 1.52. The zero-order valence-corrected chi connectivity index (χ0v) is 12.3. The average Bonchev–Trinajstić information content (AvgIpc) is 2.47. The number of nitrogens with zero attached hydrogens (tertiary/aromatic N) is 2. The molecular formula is C16H16FN3O2. The van der Waals surface area contributed by atoms with Crippen molar-refractivity contribution in [3.63, 3.8) is 0 Å². The molecule has 2 rings (SSSR count). The second kappa shape index (κ2) is 6.80. The lowest BCUT2D eigenvalue weighted by molar-refractivity contribution is -0.116. The molecule has 0 aliphatic heterocycles. The highest BCUT2D eigenvalue weighted by atomic mass is 19.1.